The van der Waals surface area contributed by atoms with Gasteiger partial charge in [0.05, 0.1) is 15.9 Å². The van der Waals surface area contributed by atoms with Crippen LogP contribution < -0.4 is 5.43 Å². The summed E-state index contributed by atoms with van der Waals surface area (Å²) in [5.41, 5.74) is 1.79. The molecule has 0 saturated heterocycles. The second-order valence-electron chi connectivity index (χ2n) is 3.13. The fourth-order valence-corrected chi connectivity index (χ4v) is 1.12. The number of hydrogen-bond donors (Lipinski definition) is 1. The van der Waals surface area contributed by atoms with Crippen LogP contribution in [-0.2, 0) is 0 Å². The SMILES string of the molecule is C/C=C/C=NNc1ccc([N+](=O)[O-])cc1[N+](=O)[O-]. The lowest BCUT2D eigenvalue weighted by molar-refractivity contribution is -0.393. The Hall–Kier alpha value is -2.77. The molecule has 0 aliphatic rings. The van der Waals surface area contributed by atoms with E-state index >= 15 is 0 Å². The molecule has 0 radical (unpaired) electrons. The molecule has 1 N–H and O–H groups in total. The molecule has 0 aliphatic heterocycles. The highest BCUT2D eigenvalue weighted by molar-refractivity contribution is 5.73. The van der Waals surface area contributed by atoms with Gasteiger partial charge in [0.25, 0.3) is 5.69 Å². The summed E-state index contributed by atoms with van der Waals surface area (Å²) in [7, 11) is 0. The van der Waals surface area contributed by atoms with Crippen molar-refractivity contribution in [2.75, 3.05) is 5.43 Å². The molecule has 94 valence electrons. The minimum atomic E-state index is -0.708. The lowest BCUT2D eigenvalue weighted by Gasteiger charge is -2.01. The van der Waals surface area contributed by atoms with Crippen LogP contribution >= 0.6 is 0 Å². The molecule has 0 unspecified atom stereocenters. The van der Waals surface area contributed by atoms with Gasteiger partial charge in [-0.2, -0.15) is 5.10 Å². The molecule has 0 saturated carbocycles. The summed E-state index contributed by atoms with van der Waals surface area (Å²) in [6.45, 7) is 1.79. The quantitative estimate of drug-likeness (QED) is 0.490. The highest BCUT2D eigenvalue weighted by atomic mass is 16.6. The van der Waals surface area contributed by atoms with Crippen molar-refractivity contribution in [1.29, 1.82) is 0 Å². The van der Waals surface area contributed by atoms with Crippen molar-refractivity contribution in [3.63, 3.8) is 0 Å². The molecular weight excluding hydrogens is 240 g/mol. The third-order valence-electron chi connectivity index (χ3n) is 1.93. The minimum absolute atomic E-state index is 0.0892. The van der Waals surface area contributed by atoms with Crippen molar-refractivity contribution in [3.8, 4) is 0 Å². The van der Waals surface area contributed by atoms with Gasteiger partial charge in [-0.25, -0.2) is 0 Å². The number of rotatable bonds is 5. The lowest BCUT2D eigenvalue weighted by Crippen LogP contribution is -1.98. The Kier molecular flexibility index (Phi) is 4.50. The van der Waals surface area contributed by atoms with Gasteiger partial charge in [0.2, 0.25) is 0 Å². The van der Waals surface area contributed by atoms with Gasteiger partial charge in [-0.3, -0.25) is 25.7 Å². The van der Waals surface area contributed by atoms with Crippen LogP contribution in [0.25, 0.3) is 0 Å². The van der Waals surface area contributed by atoms with Gasteiger partial charge in [-0.05, 0) is 19.1 Å². The minimum Gasteiger partial charge on any atom is -0.272 e. The predicted octanol–water partition coefficient (Wildman–Crippen LogP) is 2.48. The van der Waals surface area contributed by atoms with E-state index in [1.165, 1.54) is 18.3 Å². The number of benzene rings is 1. The highest BCUT2D eigenvalue weighted by Crippen LogP contribution is 2.28. The number of nitro groups is 2. The predicted molar refractivity (Wildman–Crippen MR) is 66.7 cm³/mol. The largest absolute Gasteiger partial charge is 0.301 e. The van der Waals surface area contributed by atoms with E-state index in [0.29, 0.717) is 0 Å². The fraction of sp³-hybridized carbons (Fsp3) is 0.100. The van der Waals surface area contributed by atoms with Crippen LogP contribution in [0, 0.1) is 20.2 Å². The van der Waals surface area contributed by atoms with E-state index in [1.54, 1.807) is 19.1 Å². The van der Waals surface area contributed by atoms with Gasteiger partial charge in [0.1, 0.15) is 5.69 Å². The number of nitro benzene ring substituents is 2. The Morgan fingerprint density at radius 2 is 2.00 bits per heavy atom. The standard InChI is InChI=1S/C10H10N4O4/c1-2-3-6-11-12-9-5-4-8(13(15)16)7-10(9)14(17)18/h2-7,12H,1H3/b3-2+,11-6?. The number of allylic oxidation sites excluding steroid dienone is 2. The zero-order chi connectivity index (χ0) is 13.5. The van der Waals surface area contributed by atoms with Crippen molar-refractivity contribution < 1.29 is 9.85 Å². The first-order valence-electron chi connectivity index (χ1n) is 4.89. The van der Waals surface area contributed by atoms with Crippen molar-refractivity contribution in [1.82, 2.24) is 0 Å². The second-order valence-corrected chi connectivity index (χ2v) is 3.13. The summed E-state index contributed by atoms with van der Waals surface area (Å²) >= 11 is 0. The van der Waals surface area contributed by atoms with Gasteiger partial charge in [0.15, 0.2) is 0 Å². The summed E-state index contributed by atoms with van der Waals surface area (Å²) < 4.78 is 0. The molecule has 0 atom stereocenters. The molecule has 8 nitrogen and oxygen atoms in total. The van der Waals surface area contributed by atoms with Crippen molar-refractivity contribution in [3.05, 3.63) is 50.6 Å². The third-order valence-corrected chi connectivity index (χ3v) is 1.93. The fourth-order valence-electron chi connectivity index (χ4n) is 1.12. The smallest absolute Gasteiger partial charge is 0.272 e. The number of anilines is 1. The normalized spacial score (nSPS) is 10.9. The molecule has 1 rings (SSSR count). The van der Waals surface area contributed by atoms with E-state index in [1.807, 2.05) is 0 Å². The maximum Gasteiger partial charge on any atom is 0.301 e. The van der Waals surface area contributed by atoms with Crippen LogP contribution in [0.2, 0.25) is 0 Å². The molecular formula is C10H10N4O4. The van der Waals surface area contributed by atoms with E-state index in [9.17, 15) is 20.2 Å². The zero-order valence-electron chi connectivity index (χ0n) is 9.44. The molecule has 8 heteroatoms. The lowest BCUT2D eigenvalue weighted by atomic mass is 10.2. The van der Waals surface area contributed by atoms with Gasteiger partial charge < -0.3 is 0 Å². The Morgan fingerprint density at radius 3 is 2.56 bits per heavy atom. The maximum absolute atomic E-state index is 10.8. The molecule has 0 aliphatic carbocycles. The zero-order valence-corrected chi connectivity index (χ0v) is 9.44. The number of hydrogen-bond acceptors (Lipinski definition) is 6. The van der Waals surface area contributed by atoms with Crippen molar-refractivity contribution in [2.45, 2.75) is 6.92 Å². The number of hydrazone groups is 1. The molecule has 0 fully saturated rings. The molecule has 0 heterocycles. The van der Waals surface area contributed by atoms with E-state index in [2.05, 4.69) is 10.5 Å². The van der Waals surface area contributed by atoms with E-state index in [-0.39, 0.29) is 11.4 Å². The molecule has 0 aromatic heterocycles. The van der Waals surface area contributed by atoms with Crippen molar-refractivity contribution >= 4 is 23.3 Å². The van der Waals surface area contributed by atoms with Crippen LogP contribution in [0.3, 0.4) is 0 Å². The van der Waals surface area contributed by atoms with Crippen LogP contribution in [0.15, 0.2) is 35.5 Å². The van der Waals surface area contributed by atoms with Gasteiger partial charge in [0, 0.05) is 12.3 Å². The van der Waals surface area contributed by atoms with Gasteiger partial charge >= 0.3 is 5.69 Å². The molecule has 0 bridgehead atoms. The van der Waals surface area contributed by atoms with Crippen molar-refractivity contribution in [2.24, 2.45) is 5.10 Å². The molecule has 1 aromatic rings. The maximum atomic E-state index is 10.8. The number of non-ortho nitro benzene ring substituents is 1. The first-order valence-corrected chi connectivity index (χ1v) is 4.89. The summed E-state index contributed by atoms with van der Waals surface area (Å²) in [6, 6.07) is 3.29. The summed E-state index contributed by atoms with van der Waals surface area (Å²) in [5.74, 6) is 0. The first-order chi connectivity index (χ1) is 8.56. The monoisotopic (exact) mass is 250 g/mol. The molecule has 18 heavy (non-hydrogen) atoms. The average Bonchev–Trinajstić information content (AvgIpc) is 2.34. The first kappa shape index (κ1) is 13.3. The number of nitrogens with one attached hydrogen (secondary N) is 1. The van der Waals surface area contributed by atoms with Crippen LogP contribution in [0.4, 0.5) is 17.1 Å². The molecule has 1 aromatic carbocycles. The third kappa shape index (κ3) is 3.37. The Bertz CT molecular complexity index is 525. The van der Waals surface area contributed by atoms with Gasteiger partial charge in [-0.1, -0.05) is 6.08 Å². The Labute approximate surface area is 102 Å². The Balaban J connectivity index is 3.04. The number of nitrogens with zero attached hydrogens (tertiary/aromatic N) is 3. The van der Waals surface area contributed by atoms with Crippen LogP contribution in [-0.4, -0.2) is 16.1 Å². The van der Waals surface area contributed by atoms with Gasteiger partial charge in [-0.15, -0.1) is 0 Å². The second kappa shape index (κ2) is 6.09. The molecule has 0 amide bonds. The molecule has 0 spiro atoms. The van der Waals surface area contributed by atoms with E-state index in [0.717, 1.165) is 6.07 Å². The summed E-state index contributed by atoms with van der Waals surface area (Å²) in [5, 5.41) is 25.0. The average molecular weight is 250 g/mol. The summed E-state index contributed by atoms with van der Waals surface area (Å²) in [4.78, 5) is 19.9. The van der Waals surface area contributed by atoms with Crippen LogP contribution in [0.5, 0.6) is 0 Å². The summed E-state index contributed by atoms with van der Waals surface area (Å²) in [6.07, 6.45) is 4.77. The van der Waals surface area contributed by atoms with Crippen LogP contribution in [0.1, 0.15) is 6.92 Å². The topological polar surface area (TPSA) is 111 Å². The Morgan fingerprint density at radius 1 is 1.28 bits per heavy atom. The van der Waals surface area contributed by atoms with E-state index < -0.39 is 15.5 Å². The van der Waals surface area contributed by atoms with E-state index in [4.69, 9.17) is 0 Å². The highest BCUT2D eigenvalue weighted by Gasteiger charge is 2.18.